The normalized spacial score (nSPS) is 21.1. The minimum Gasteiger partial charge on any atom is -0.397 e. The van der Waals surface area contributed by atoms with Crippen LogP contribution in [0.15, 0.2) is 6.07 Å². The van der Waals surface area contributed by atoms with Gasteiger partial charge in [0.1, 0.15) is 9.71 Å². The number of aromatic nitrogens is 1. The molecule has 1 fully saturated rings. The summed E-state index contributed by atoms with van der Waals surface area (Å²) in [5.74, 6) is 0.583. The summed E-state index contributed by atoms with van der Waals surface area (Å²) in [6.45, 7) is 6.12. The quantitative estimate of drug-likeness (QED) is 0.912. The molecule has 5 heteroatoms. The molecule has 0 spiro atoms. The maximum absolute atomic E-state index is 12.3. The van der Waals surface area contributed by atoms with Gasteiger partial charge in [0.2, 0.25) is 0 Å². The molecule has 106 valence electrons. The number of nitrogens with zero attached hydrogens (tertiary/aromatic N) is 1. The Hall–Kier alpha value is -1.62. The molecule has 2 heterocycles. The van der Waals surface area contributed by atoms with Crippen molar-refractivity contribution >= 4 is 33.1 Å². The molecule has 0 saturated heterocycles. The predicted octanol–water partition coefficient (Wildman–Crippen LogP) is 3.02. The van der Waals surface area contributed by atoms with Crippen molar-refractivity contribution in [2.45, 2.75) is 39.7 Å². The molecule has 0 aliphatic heterocycles. The number of hydrogen-bond donors (Lipinski definition) is 2. The van der Waals surface area contributed by atoms with Crippen molar-refractivity contribution in [2.75, 3.05) is 5.73 Å². The maximum atomic E-state index is 12.3. The van der Waals surface area contributed by atoms with Crippen molar-refractivity contribution < 1.29 is 4.79 Å². The third-order valence-electron chi connectivity index (χ3n) is 3.99. The number of rotatable bonds is 3. The van der Waals surface area contributed by atoms with Gasteiger partial charge in [-0.25, -0.2) is 4.98 Å². The zero-order chi connectivity index (χ0) is 14.4. The fraction of sp³-hybridized carbons (Fsp3) is 0.467. The molecule has 1 aliphatic rings. The lowest BCUT2D eigenvalue weighted by molar-refractivity contribution is 0.0954. The Morgan fingerprint density at radius 1 is 1.55 bits per heavy atom. The van der Waals surface area contributed by atoms with E-state index >= 15 is 0 Å². The zero-order valence-electron chi connectivity index (χ0n) is 12.0. The summed E-state index contributed by atoms with van der Waals surface area (Å²) in [6, 6.07) is 2.33. The number of anilines is 1. The summed E-state index contributed by atoms with van der Waals surface area (Å²) in [7, 11) is 0. The highest BCUT2D eigenvalue weighted by Gasteiger charge is 2.37. The molecule has 1 saturated carbocycles. The smallest absolute Gasteiger partial charge is 0.263 e. The molecule has 2 atom stereocenters. The Balaban J connectivity index is 1.94. The number of pyridine rings is 1. The van der Waals surface area contributed by atoms with Crippen molar-refractivity contribution in [1.29, 1.82) is 0 Å². The van der Waals surface area contributed by atoms with Crippen molar-refractivity contribution in [3.8, 4) is 0 Å². The Bertz CT molecular complexity index is 692. The average Bonchev–Trinajstić information content (AvgIpc) is 3.04. The first kappa shape index (κ1) is 13.4. The van der Waals surface area contributed by atoms with Crippen LogP contribution in [-0.2, 0) is 0 Å². The standard InChI is InChI=1S/C15H19N3OS/c1-4-9-6-10(9)18-14(19)13-12(16)11-7(2)5-8(3)17-15(11)20-13/h5,9-10H,4,6,16H2,1-3H3,(H,18,19). The monoisotopic (exact) mass is 289 g/mol. The number of aryl methyl sites for hydroxylation is 2. The molecule has 3 rings (SSSR count). The van der Waals surface area contributed by atoms with Gasteiger partial charge in [0, 0.05) is 17.1 Å². The molecule has 0 aromatic carbocycles. The number of nitrogen functional groups attached to an aromatic ring is 1. The Morgan fingerprint density at radius 3 is 2.95 bits per heavy atom. The first-order valence-corrected chi connectivity index (χ1v) is 7.80. The third kappa shape index (κ3) is 2.16. The van der Waals surface area contributed by atoms with Gasteiger partial charge in [-0.3, -0.25) is 4.79 Å². The van der Waals surface area contributed by atoms with Crippen LogP contribution in [0.3, 0.4) is 0 Å². The second-order valence-electron chi connectivity index (χ2n) is 5.59. The minimum absolute atomic E-state index is 0.0523. The lowest BCUT2D eigenvalue weighted by Crippen LogP contribution is -2.26. The molecular weight excluding hydrogens is 270 g/mol. The Labute approximate surface area is 122 Å². The van der Waals surface area contributed by atoms with Crippen molar-refractivity contribution in [1.82, 2.24) is 10.3 Å². The number of carbonyl (C=O) groups excluding carboxylic acids is 1. The van der Waals surface area contributed by atoms with Crippen LogP contribution in [0.25, 0.3) is 10.2 Å². The van der Waals surface area contributed by atoms with Gasteiger partial charge >= 0.3 is 0 Å². The average molecular weight is 289 g/mol. The first-order valence-electron chi connectivity index (χ1n) is 6.98. The van der Waals surface area contributed by atoms with E-state index in [1.807, 2.05) is 19.9 Å². The molecule has 2 aromatic heterocycles. The van der Waals surface area contributed by atoms with Gasteiger partial charge in [-0.2, -0.15) is 0 Å². The van der Waals surface area contributed by atoms with Crippen molar-refractivity contribution in [3.63, 3.8) is 0 Å². The van der Waals surface area contributed by atoms with Crippen LogP contribution < -0.4 is 11.1 Å². The van der Waals surface area contributed by atoms with E-state index < -0.39 is 0 Å². The number of hydrogen-bond acceptors (Lipinski definition) is 4. The van der Waals surface area contributed by atoms with E-state index in [4.69, 9.17) is 5.73 Å². The SMILES string of the molecule is CCC1CC1NC(=O)c1sc2nc(C)cc(C)c2c1N. The van der Waals surface area contributed by atoms with Crippen LogP contribution in [0.4, 0.5) is 5.69 Å². The number of thiophene rings is 1. The van der Waals surface area contributed by atoms with Crippen LogP contribution in [-0.4, -0.2) is 16.9 Å². The van der Waals surface area contributed by atoms with E-state index in [9.17, 15) is 4.79 Å². The van der Waals surface area contributed by atoms with Crippen LogP contribution in [0.5, 0.6) is 0 Å². The lowest BCUT2D eigenvalue weighted by Gasteiger charge is -2.03. The van der Waals surface area contributed by atoms with Gasteiger partial charge in [-0.05, 0) is 37.8 Å². The highest BCUT2D eigenvalue weighted by Crippen LogP contribution is 2.37. The molecule has 4 nitrogen and oxygen atoms in total. The van der Waals surface area contributed by atoms with E-state index in [0.29, 0.717) is 22.5 Å². The summed E-state index contributed by atoms with van der Waals surface area (Å²) in [5.41, 5.74) is 8.77. The third-order valence-corrected chi connectivity index (χ3v) is 5.09. The Kier molecular flexibility index (Phi) is 3.17. The topological polar surface area (TPSA) is 68.0 Å². The van der Waals surface area contributed by atoms with E-state index in [0.717, 1.165) is 34.3 Å². The summed E-state index contributed by atoms with van der Waals surface area (Å²) in [5, 5.41) is 4.00. The summed E-state index contributed by atoms with van der Waals surface area (Å²) >= 11 is 1.39. The van der Waals surface area contributed by atoms with Gasteiger partial charge in [0.15, 0.2) is 0 Å². The Morgan fingerprint density at radius 2 is 2.30 bits per heavy atom. The van der Waals surface area contributed by atoms with Crippen LogP contribution in [0, 0.1) is 19.8 Å². The van der Waals surface area contributed by atoms with Crippen LogP contribution >= 0.6 is 11.3 Å². The maximum Gasteiger partial charge on any atom is 0.263 e. The van der Waals surface area contributed by atoms with Gasteiger partial charge in [0.05, 0.1) is 5.69 Å². The van der Waals surface area contributed by atoms with Crippen LogP contribution in [0.1, 0.15) is 40.7 Å². The molecule has 2 aromatic rings. The molecule has 3 N–H and O–H groups in total. The van der Waals surface area contributed by atoms with Gasteiger partial charge < -0.3 is 11.1 Å². The highest BCUT2D eigenvalue weighted by atomic mass is 32.1. The van der Waals surface area contributed by atoms with Crippen molar-refractivity contribution in [2.24, 2.45) is 5.92 Å². The number of nitrogens with two attached hydrogens (primary N) is 1. The summed E-state index contributed by atoms with van der Waals surface area (Å²) in [4.78, 5) is 18.3. The second kappa shape index (κ2) is 4.74. The van der Waals surface area contributed by atoms with Gasteiger partial charge in [-0.1, -0.05) is 13.3 Å². The van der Waals surface area contributed by atoms with Gasteiger partial charge in [-0.15, -0.1) is 11.3 Å². The molecule has 2 unspecified atom stereocenters. The van der Waals surface area contributed by atoms with E-state index in [1.54, 1.807) is 0 Å². The summed E-state index contributed by atoms with van der Waals surface area (Å²) in [6.07, 6.45) is 2.20. The summed E-state index contributed by atoms with van der Waals surface area (Å²) < 4.78 is 0. The predicted molar refractivity (Wildman–Crippen MR) is 83.2 cm³/mol. The molecular formula is C15H19N3OS. The minimum atomic E-state index is -0.0523. The fourth-order valence-corrected chi connectivity index (χ4v) is 3.87. The lowest BCUT2D eigenvalue weighted by atomic mass is 10.1. The van der Waals surface area contributed by atoms with E-state index in [-0.39, 0.29) is 5.91 Å². The molecule has 0 bridgehead atoms. The molecule has 1 aliphatic carbocycles. The fourth-order valence-electron chi connectivity index (χ4n) is 2.75. The van der Waals surface area contributed by atoms with E-state index in [1.165, 1.54) is 11.3 Å². The zero-order valence-corrected chi connectivity index (χ0v) is 12.8. The number of fused-ring (bicyclic) bond motifs is 1. The number of amides is 1. The first-order chi connectivity index (χ1) is 9.51. The number of carbonyl (C=O) groups is 1. The number of nitrogens with one attached hydrogen (secondary N) is 1. The van der Waals surface area contributed by atoms with Crippen LogP contribution in [0.2, 0.25) is 0 Å². The van der Waals surface area contributed by atoms with Crippen molar-refractivity contribution in [3.05, 3.63) is 22.2 Å². The van der Waals surface area contributed by atoms with E-state index in [2.05, 4.69) is 17.2 Å². The largest absolute Gasteiger partial charge is 0.397 e. The molecule has 0 radical (unpaired) electrons. The molecule has 1 amide bonds. The highest BCUT2D eigenvalue weighted by molar-refractivity contribution is 7.21. The second-order valence-corrected chi connectivity index (χ2v) is 6.59. The molecule has 20 heavy (non-hydrogen) atoms. The van der Waals surface area contributed by atoms with Gasteiger partial charge in [0.25, 0.3) is 5.91 Å².